The second-order valence-corrected chi connectivity index (χ2v) is 4.85. The second kappa shape index (κ2) is 4.84. The summed E-state index contributed by atoms with van der Waals surface area (Å²) < 4.78 is 5.71. The zero-order chi connectivity index (χ0) is 13.2. The summed E-state index contributed by atoms with van der Waals surface area (Å²) in [5.74, 6) is 0.873. The predicted octanol–water partition coefficient (Wildman–Crippen LogP) is 3.08. The minimum atomic E-state index is -0.128. The zero-order valence-corrected chi connectivity index (χ0v) is 10.7. The monoisotopic (exact) mass is 253 g/mol. The smallest absolute Gasteiger partial charge is 0.173 e. The number of aromatic nitrogens is 1. The number of hydrogen-bond donors (Lipinski definition) is 0. The summed E-state index contributed by atoms with van der Waals surface area (Å²) in [5.41, 5.74) is 1.82. The first-order chi connectivity index (χ1) is 9.27. The normalized spacial score (nSPS) is 19.4. The molecule has 1 aromatic carbocycles. The van der Waals surface area contributed by atoms with Crippen LogP contribution < -0.4 is 4.74 Å². The van der Waals surface area contributed by atoms with E-state index in [1.54, 1.807) is 12.4 Å². The van der Waals surface area contributed by atoms with E-state index in [9.17, 15) is 4.79 Å². The molecule has 96 valence electrons. The predicted molar refractivity (Wildman–Crippen MR) is 72.4 cm³/mol. The number of benzene rings is 1. The van der Waals surface area contributed by atoms with Crippen LogP contribution >= 0.6 is 0 Å². The number of para-hydroxylation sites is 1. The van der Waals surface area contributed by atoms with E-state index < -0.39 is 0 Å². The lowest BCUT2D eigenvalue weighted by molar-refractivity contribution is 0.0804. The van der Waals surface area contributed by atoms with Crippen molar-refractivity contribution in [3.05, 3.63) is 59.9 Å². The van der Waals surface area contributed by atoms with Crippen LogP contribution in [0.2, 0.25) is 0 Å². The Labute approximate surface area is 112 Å². The highest BCUT2D eigenvalue weighted by Crippen LogP contribution is 2.34. The maximum absolute atomic E-state index is 12.5. The fourth-order valence-electron chi connectivity index (χ4n) is 2.52. The van der Waals surface area contributed by atoms with Gasteiger partial charge in [0.05, 0.1) is 18.1 Å². The lowest BCUT2D eigenvalue weighted by Gasteiger charge is -2.28. The van der Waals surface area contributed by atoms with E-state index in [1.807, 2.05) is 36.4 Å². The number of fused-ring (bicyclic) bond motifs is 1. The molecule has 0 radical (unpaired) electrons. The molecule has 0 amide bonds. The topological polar surface area (TPSA) is 39.2 Å². The van der Waals surface area contributed by atoms with Crippen molar-refractivity contribution in [2.24, 2.45) is 5.92 Å². The number of pyridine rings is 1. The van der Waals surface area contributed by atoms with Crippen molar-refractivity contribution >= 4 is 5.78 Å². The molecule has 3 rings (SSSR count). The van der Waals surface area contributed by atoms with Crippen molar-refractivity contribution < 1.29 is 9.53 Å². The summed E-state index contributed by atoms with van der Waals surface area (Å²) in [5, 5.41) is 0. The Balaban J connectivity index is 1.90. The van der Waals surface area contributed by atoms with Gasteiger partial charge in [0.1, 0.15) is 5.75 Å². The van der Waals surface area contributed by atoms with Crippen LogP contribution in [0.3, 0.4) is 0 Å². The highest BCUT2D eigenvalue weighted by molar-refractivity contribution is 6.01. The number of ketones is 1. The zero-order valence-electron chi connectivity index (χ0n) is 10.7. The van der Waals surface area contributed by atoms with E-state index >= 15 is 0 Å². The third-order valence-electron chi connectivity index (χ3n) is 3.74. The van der Waals surface area contributed by atoms with Crippen molar-refractivity contribution in [3.63, 3.8) is 0 Å². The first-order valence-corrected chi connectivity index (χ1v) is 6.43. The molecule has 0 bridgehead atoms. The Bertz CT molecular complexity index is 595. The van der Waals surface area contributed by atoms with Gasteiger partial charge in [-0.15, -0.1) is 0 Å². The van der Waals surface area contributed by atoms with Crippen molar-refractivity contribution in [1.29, 1.82) is 0 Å². The quantitative estimate of drug-likeness (QED) is 0.825. The van der Waals surface area contributed by atoms with Gasteiger partial charge in [-0.1, -0.05) is 19.1 Å². The molecule has 1 aromatic heterocycles. The van der Waals surface area contributed by atoms with E-state index in [0.717, 1.165) is 5.56 Å². The van der Waals surface area contributed by atoms with Crippen LogP contribution in [0, 0.1) is 5.92 Å². The standard InChI is InChI=1S/C16H15NO2/c1-11(12-6-8-17-9-7-12)14-10-19-15-5-3-2-4-13(15)16(14)18/h2-9,11,14H,10H2,1H3. The van der Waals surface area contributed by atoms with Crippen LogP contribution in [-0.4, -0.2) is 17.4 Å². The number of ether oxygens (including phenoxy) is 1. The van der Waals surface area contributed by atoms with Gasteiger partial charge in [0.2, 0.25) is 0 Å². The number of nitrogens with zero attached hydrogens (tertiary/aromatic N) is 1. The van der Waals surface area contributed by atoms with Gasteiger partial charge in [-0.25, -0.2) is 0 Å². The summed E-state index contributed by atoms with van der Waals surface area (Å²) in [4.78, 5) is 16.5. The van der Waals surface area contributed by atoms with Gasteiger partial charge >= 0.3 is 0 Å². The average Bonchev–Trinajstić information content (AvgIpc) is 2.48. The third-order valence-corrected chi connectivity index (χ3v) is 3.74. The molecular weight excluding hydrogens is 238 g/mol. The molecule has 3 nitrogen and oxygen atoms in total. The summed E-state index contributed by atoms with van der Waals surface area (Å²) in [6.07, 6.45) is 3.52. The Morgan fingerprint density at radius 3 is 2.74 bits per heavy atom. The summed E-state index contributed by atoms with van der Waals surface area (Å²) in [6.45, 7) is 2.51. The lowest BCUT2D eigenvalue weighted by atomic mass is 9.82. The molecule has 0 aliphatic carbocycles. The number of rotatable bonds is 2. The maximum Gasteiger partial charge on any atom is 0.173 e. The van der Waals surface area contributed by atoms with Crippen LogP contribution in [-0.2, 0) is 0 Å². The number of carbonyl (C=O) groups is 1. The van der Waals surface area contributed by atoms with Gasteiger partial charge in [0.25, 0.3) is 0 Å². The highest BCUT2D eigenvalue weighted by atomic mass is 16.5. The molecule has 2 unspecified atom stereocenters. The van der Waals surface area contributed by atoms with Crippen molar-refractivity contribution in [1.82, 2.24) is 4.98 Å². The van der Waals surface area contributed by atoms with Gasteiger partial charge in [-0.2, -0.15) is 0 Å². The second-order valence-electron chi connectivity index (χ2n) is 4.85. The molecule has 19 heavy (non-hydrogen) atoms. The van der Waals surface area contributed by atoms with Gasteiger partial charge in [-0.05, 0) is 35.7 Å². The minimum absolute atomic E-state index is 0.128. The van der Waals surface area contributed by atoms with Gasteiger partial charge in [-0.3, -0.25) is 9.78 Å². The number of carbonyl (C=O) groups excluding carboxylic acids is 1. The van der Waals surface area contributed by atoms with Crippen LogP contribution in [0.5, 0.6) is 5.75 Å². The molecule has 1 aliphatic rings. The number of hydrogen-bond acceptors (Lipinski definition) is 3. The van der Waals surface area contributed by atoms with Gasteiger partial charge in [0.15, 0.2) is 5.78 Å². The van der Waals surface area contributed by atoms with Crippen LogP contribution in [0.4, 0.5) is 0 Å². The largest absolute Gasteiger partial charge is 0.492 e. The summed E-state index contributed by atoms with van der Waals surface area (Å²) >= 11 is 0. The Morgan fingerprint density at radius 1 is 1.21 bits per heavy atom. The SMILES string of the molecule is CC(c1ccncc1)C1COc2ccccc2C1=O. The molecular formula is C16H15NO2. The van der Waals surface area contributed by atoms with Gasteiger partial charge in [0, 0.05) is 12.4 Å². The number of Topliss-reactive ketones (excluding diaryl/α,β-unsaturated/α-hetero) is 1. The van der Waals surface area contributed by atoms with E-state index in [2.05, 4.69) is 11.9 Å². The summed E-state index contributed by atoms with van der Waals surface area (Å²) in [6, 6.07) is 11.4. The average molecular weight is 253 g/mol. The molecule has 0 spiro atoms. The first kappa shape index (κ1) is 11.9. The maximum atomic E-state index is 12.5. The fraction of sp³-hybridized carbons (Fsp3) is 0.250. The lowest BCUT2D eigenvalue weighted by Crippen LogP contribution is -2.31. The van der Waals surface area contributed by atoms with Gasteiger partial charge < -0.3 is 4.74 Å². The Hall–Kier alpha value is -2.16. The van der Waals surface area contributed by atoms with Crippen molar-refractivity contribution in [3.8, 4) is 5.75 Å². The fourth-order valence-corrected chi connectivity index (χ4v) is 2.52. The van der Waals surface area contributed by atoms with E-state index in [0.29, 0.717) is 17.9 Å². The highest BCUT2D eigenvalue weighted by Gasteiger charge is 2.33. The first-order valence-electron chi connectivity index (χ1n) is 6.43. The van der Waals surface area contributed by atoms with Crippen LogP contribution in [0.15, 0.2) is 48.8 Å². The summed E-state index contributed by atoms with van der Waals surface area (Å²) in [7, 11) is 0. The van der Waals surface area contributed by atoms with E-state index in [1.165, 1.54) is 0 Å². The van der Waals surface area contributed by atoms with E-state index in [4.69, 9.17) is 4.74 Å². The molecule has 0 N–H and O–H groups in total. The van der Waals surface area contributed by atoms with Crippen LogP contribution in [0.1, 0.15) is 28.8 Å². The van der Waals surface area contributed by atoms with E-state index in [-0.39, 0.29) is 17.6 Å². The molecule has 0 fully saturated rings. The van der Waals surface area contributed by atoms with Crippen LogP contribution in [0.25, 0.3) is 0 Å². The molecule has 2 aromatic rings. The molecule has 0 saturated heterocycles. The minimum Gasteiger partial charge on any atom is -0.492 e. The molecule has 2 atom stereocenters. The Morgan fingerprint density at radius 2 is 1.95 bits per heavy atom. The van der Waals surface area contributed by atoms with Crippen molar-refractivity contribution in [2.45, 2.75) is 12.8 Å². The molecule has 2 heterocycles. The third kappa shape index (κ3) is 2.12. The molecule has 3 heteroatoms. The Kier molecular flexibility index (Phi) is 3.03. The molecule has 1 aliphatic heterocycles. The van der Waals surface area contributed by atoms with Crippen molar-refractivity contribution in [2.75, 3.05) is 6.61 Å². The molecule has 0 saturated carbocycles.